The maximum absolute atomic E-state index is 13.7. The molecule has 1 fully saturated rings. The Hall–Kier alpha value is -3.34. The fraction of sp³-hybridized carbons (Fsp3) is 0.368. The molecule has 0 radical (unpaired) electrons. The maximum Gasteiger partial charge on any atom is 0.276 e. The number of rotatable bonds is 3. The molecule has 0 aliphatic carbocycles. The molecule has 11 heteroatoms. The normalized spacial score (nSPS) is 20.5. The predicted octanol–water partition coefficient (Wildman–Crippen LogP) is 0.748. The van der Waals surface area contributed by atoms with Crippen LogP contribution in [0.25, 0.3) is 0 Å². The quantitative estimate of drug-likeness (QED) is 0.758. The van der Waals surface area contributed by atoms with Crippen LogP contribution in [0, 0.1) is 11.6 Å². The first kappa shape index (κ1) is 20.0. The van der Waals surface area contributed by atoms with Crippen LogP contribution in [0.3, 0.4) is 0 Å². The lowest BCUT2D eigenvalue weighted by molar-refractivity contribution is -0.112. The van der Waals surface area contributed by atoms with Crippen LogP contribution in [0.5, 0.6) is 5.75 Å². The zero-order valence-corrected chi connectivity index (χ0v) is 15.9. The molecule has 2 aromatic rings. The molecule has 0 saturated carbocycles. The van der Waals surface area contributed by atoms with Crippen molar-refractivity contribution in [2.75, 3.05) is 6.61 Å². The van der Waals surface area contributed by atoms with Crippen LogP contribution in [-0.2, 0) is 17.8 Å². The molecular formula is C19H18F2N4O5. The van der Waals surface area contributed by atoms with Gasteiger partial charge in [-0.05, 0) is 13.3 Å². The number of aromatic hydroxyl groups is 1. The van der Waals surface area contributed by atoms with E-state index in [1.807, 2.05) is 6.92 Å². The first-order valence-electron chi connectivity index (χ1n) is 9.26. The van der Waals surface area contributed by atoms with Gasteiger partial charge in [0.2, 0.25) is 5.43 Å². The summed E-state index contributed by atoms with van der Waals surface area (Å²) in [4.78, 5) is 42.7. The Bertz CT molecular complexity index is 1080. The molecule has 2 aromatic heterocycles. The molecule has 0 aromatic carbocycles. The first-order chi connectivity index (χ1) is 14.3. The van der Waals surface area contributed by atoms with Gasteiger partial charge in [0.05, 0.1) is 25.5 Å². The van der Waals surface area contributed by atoms with E-state index in [2.05, 4.69) is 10.3 Å². The van der Waals surface area contributed by atoms with E-state index in [1.165, 1.54) is 9.47 Å². The predicted molar refractivity (Wildman–Crippen MR) is 97.7 cm³/mol. The Morgan fingerprint density at radius 2 is 2.03 bits per heavy atom. The van der Waals surface area contributed by atoms with Crippen molar-refractivity contribution in [3.8, 4) is 5.75 Å². The number of ether oxygens (including phenoxy) is 1. The Kier molecular flexibility index (Phi) is 4.98. The Morgan fingerprint density at radius 3 is 2.73 bits per heavy atom. The minimum atomic E-state index is -1.05. The van der Waals surface area contributed by atoms with E-state index in [0.717, 1.165) is 18.6 Å². The van der Waals surface area contributed by atoms with Crippen molar-refractivity contribution >= 4 is 11.8 Å². The fourth-order valence-electron chi connectivity index (χ4n) is 3.69. The molecule has 4 heterocycles. The number of nitrogens with one attached hydrogen (secondary N) is 1. The van der Waals surface area contributed by atoms with Crippen molar-refractivity contribution in [2.45, 2.75) is 38.7 Å². The highest BCUT2D eigenvalue weighted by atomic mass is 19.1. The summed E-state index contributed by atoms with van der Waals surface area (Å²) in [5.74, 6) is -4.27. The summed E-state index contributed by atoms with van der Waals surface area (Å²) in [6, 6.07) is -0.132. The largest absolute Gasteiger partial charge is 0.503 e. The van der Waals surface area contributed by atoms with Gasteiger partial charge < -0.3 is 24.6 Å². The molecule has 9 nitrogen and oxygen atoms in total. The van der Waals surface area contributed by atoms with Gasteiger partial charge in [-0.25, -0.2) is 8.78 Å². The molecule has 2 amide bonds. The molecule has 4 rings (SSSR count). The van der Waals surface area contributed by atoms with Gasteiger partial charge in [0.25, 0.3) is 11.8 Å². The van der Waals surface area contributed by atoms with Crippen LogP contribution in [-0.4, -0.2) is 50.2 Å². The minimum Gasteiger partial charge on any atom is -0.503 e. The third kappa shape index (κ3) is 3.20. The number of aromatic nitrogens is 2. The fourth-order valence-corrected chi connectivity index (χ4v) is 3.69. The third-order valence-corrected chi connectivity index (χ3v) is 5.30. The first-order valence-corrected chi connectivity index (χ1v) is 9.26. The van der Waals surface area contributed by atoms with Crippen molar-refractivity contribution in [3.05, 3.63) is 57.3 Å². The van der Waals surface area contributed by atoms with Crippen molar-refractivity contribution < 1.29 is 28.2 Å². The van der Waals surface area contributed by atoms with Gasteiger partial charge in [-0.1, -0.05) is 0 Å². The summed E-state index contributed by atoms with van der Waals surface area (Å²) in [6.45, 7) is 1.88. The van der Waals surface area contributed by atoms with Crippen LogP contribution in [0.2, 0.25) is 0 Å². The van der Waals surface area contributed by atoms with E-state index in [4.69, 9.17) is 4.74 Å². The zero-order valence-electron chi connectivity index (χ0n) is 15.9. The topological polar surface area (TPSA) is 114 Å². The number of nitrogens with zero attached hydrogens (tertiary/aromatic N) is 3. The van der Waals surface area contributed by atoms with E-state index in [-0.39, 0.29) is 18.3 Å². The highest BCUT2D eigenvalue weighted by Crippen LogP contribution is 2.29. The molecule has 2 aliphatic rings. The highest BCUT2D eigenvalue weighted by molar-refractivity contribution is 5.99. The van der Waals surface area contributed by atoms with Gasteiger partial charge >= 0.3 is 0 Å². The van der Waals surface area contributed by atoms with E-state index in [1.54, 1.807) is 0 Å². The number of hydrogen-bond donors (Lipinski definition) is 2. The number of carbonyl (C=O) groups excluding carboxylic acids is 2. The van der Waals surface area contributed by atoms with Crippen molar-refractivity contribution in [1.29, 1.82) is 0 Å². The molecule has 0 spiro atoms. The monoisotopic (exact) mass is 420 g/mol. The second-order valence-electron chi connectivity index (χ2n) is 7.16. The van der Waals surface area contributed by atoms with E-state index in [9.17, 15) is 28.3 Å². The minimum absolute atomic E-state index is 0.118. The standard InChI is InChI=1S/C19H18F2N4O5/c1-9-2-3-30-14-8-24-7-11(16(26)17(27)15(24)19(29)25(9)14)18(28)23-4-10-12(20)5-22-6-13(10)21/h5-7,9,14,27H,2-4,8H2,1H3,(H,23,28)/t9-,14+/m1/s1. The van der Waals surface area contributed by atoms with Crippen LogP contribution in [0.1, 0.15) is 39.8 Å². The van der Waals surface area contributed by atoms with Gasteiger partial charge in [-0.3, -0.25) is 19.4 Å². The molecular weight excluding hydrogens is 402 g/mol. The summed E-state index contributed by atoms with van der Waals surface area (Å²) >= 11 is 0. The SMILES string of the molecule is C[C@@H]1CCO[C@H]2Cn3cc(C(=O)NCc4c(F)cncc4F)c(=O)c(O)c3C(=O)N12. The number of carbonyl (C=O) groups is 2. The number of hydrogen-bond acceptors (Lipinski definition) is 6. The molecule has 0 unspecified atom stereocenters. The summed E-state index contributed by atoms with van der Waals surface area (Å²) in [5.41, 5.74) is -2.16. The van der Waals surface area contributed by atoms with Crippen molar-refractivity contribution in [2.24, 2.45) is 0 Å². The number of amides is 2. The van der Waals surface area contributed by atoms with Crippen LogP contribution in [0.4, 0.5) is 8.78 Å². The van der Waals surface area contributed by atoms with E-state index in [0.29, 0.717) is 13.0 Å². The Morgan fingerprint density at radius 1 is 1.33 bits per heavy atom. The van der Waals surface area contributed by atoms with Gasteiger partial charge in [0, 0.05) is 24.3 Å². The molecule has 2 atom stereocenters. The molecule has 158 valence electrons. The summed E-state index contributed by atoms with van der Waals surface area (Å²) < 4.78 is 34.3. The second-order valence-corrected chi connectivity index (χ2v) is 7.16. The van der Waals surface area contributed by atoms with Gasteiger partial charge in [0.15, 0.2) is 17.7 Å². The number of pyridine rings is 2. The summed E-state index contributed by atoms with van der Waals surface area (Å²) in [5, 5.41) is 12.6. The van der Waals surface area contributed by atoms with Crippen molar-refractivity contribution in [1.82, 2.24) is 19.8 Å². The Labute approximate surface area is 168 Å². The Balaban J connectivity index is 1.65. The van der Waals surface area contributed by atoms with Crippen LogP contribution < -0.4 is 10.7 Å². The smallest absolute Gasteiger partial charge is 0.276 e. The van der Waals surface area contributed by atoms with Crippen LogP contribution in [0.15, 0.2) is 23.4 Å². The third-order valence-electron chi connectivity index (χ3n) is 5.30. The lowest BCUT2D eigenvalue weighted by Crippen LogP contribution is -2.57. The van der Waals surface area contributed by atoms with Gasteiger partial charge in [0.1, 0.15) is 17.2 Å². The summed E-state index contributed by atoms with van der Waals surface area (Å²) in [7, 11) is 0. The molecule has 2 aliphatic heterocycles. The summed E-state index contributed by atoms with van der Waals surface area (Å²) in [6.07, 6.45) is 2.77. The lowest BCUT2D eigenvalue weighted by Gasteiger charge is -2.44. The highest BCUT2D eigenvalue weighted by Gasteiger charge is 2.41. The zero-order chi connectivity index (χ0) is 21.6. The molecule has 1 saturated heterocycles. The van der Waals surface area contributed by atoms with E-state index < -0.39 is 58.5 Å². The maximum atomic E-state index is 13.7. The molecule has 0 bridgehead atoms. The number of fused-ring (bicyclic) bond motifs is 2. The van der Waals surface area contributed by atoms with Gasteiger partial charge in [-0.15, -0.1) is 0 Å². The van der Waals surface area contributed by atoms with Gasteiger partial charge in [-0.2, -0.15) is 0 Å². The average molecular weight is 420 g/mol. The lowest BCUT2D eigenvalue weighted by atomic mass is 10.1. The molecule has 30 heavy (non-hydrogen) atoms. The van der Waals surface area contributed by atoms with Crippen LogP contribution >= 0.6 is 0 Å². The number of halogens is 2. The van der Waals surface area contributed by atoms with E-state index >= 15 is 0 Å². The molecule has 2 N–H and O–H groups in total. The average Bonchev–Trinajstić information content (AvgIpc) is 2.70. The van der Waals surface area contributed by atoms with Crippen molar-refractivity contribution in [3.63, 3.8) is 0 Å². The second kappa shape index (κ2) is 7.48.